The van der Waals surface area contributed by atoms with Crippen molar-refractivity contribution < 1.29 is 8.42 Å². The van der Waals surface area contributed by atoms with Gasteiger partial charge in [-0.3, -0.25) is 0 Å². The van der Waals surface area contributed by atoms with Crippen LogP contribution in [0, 0.1) is 12.8 Å². The Kier molecular flexibility index (Phi) is 4.44. The smallest absolute Gasteiger partial charge is 0.178 e. The van der Waals surface area contributed by atoms with Crippen molar-refractivity contribution in [3.63, 3.8) is 0 Å². The molecule has 1 saturated carbocycles. The summed E-state index contributed by atoms with van der Waals surface area (Å²) in [5, 5.41) is 0. The second kappa shape index (κ2) is 5.87. The number of hydrogen-bond acceptors (Lipinski definition) is 2. The molecule has 0 spiro atoms. The lowest BCUT2D eigenvalue weighted by Crippen LogP contribution is -2.14. The van der Waals surface area contributed by atoms with Crippen molar-refractivity contribution in [2.75, 3.05) is 5.75 Å². The van der Waals surface area contributed by atoms with E-state index in [1.807, 2.05) is 19.1 Å². The van der Waals surface area contributed by atoms with Crippen LogP contribution in [0.5, 0.6) is 0 Å². The molecule has 0 amide bonds. The predicted molar refractivity (Wildman–Crippen MR) is 74.4 cm³/mol. The minimum atomic E-state index is -3.08. The fourth-order valence-electron chi connectivity index (χ4n) is 2.66. The second-order valence-corrected chi connectivity index (χ2v) is 7.53. The second-order valence-electron chi connectivity index (χ2n) is 5.42. The Bertz CT molecular complexity index is 468. The number of aryl methyl sites for hydroxylation is 1. The van der Waals surface area contributed by atoms with Crippen LogP contribution in [0.1, 0.15) is 44.1 Å². The van der Waals surface area contributed by atoms with Crippen LogP contribution in [0.25, 0.3) is 0 Å². The normalized spacial score (nSPS) is 17.8. The zero-order valence-electron chi connectivity index (χ0n) is 11.1. The topological polar surface area (TPSA) is 34.1 Å². The molecule has 3 heteroatoms. The first-order valence-electron chi connectivity index (χ1n) is 6.87. The highest BCUT2D eigenvalue weighted by molar-refractivity contribution is 7.91. The first-order valence-corrected chi connectivity index (χ1v) is 8.52. The molecule has 100 valence electrons. The van der Waals surface area contributed by atoms with Gasteiger partial charge in [-0.1, -0.05) is 49.8 Å². The van der Waals surface area contributed by atoms with Crippen molar-refractivity contribution in [1.82, 2.24) is 0 Å². The van der Waals surface area contributed by atoms with E-state index >= 15 is 0 Å². The van der Waals surface area contributed by atoms with Gasteiger partial charge in [0.25, 0.3) is 0 Å². The van der Waals surface area contributed by atoms with Gasteiger partial charge in [0, 0.05) is 0 Å². The van der Waals surface area contributed by atoms with Crippen molar-refractivity contribution in [2.45, 2.75) is 50.3 Å². The lowest BCUT2D eigenvalue weighted by Gasteiger charge is -2.21. The number of benzene rings is 1. The summed E-state index contributed by atoms with van der Waals surface area (Å²) in [4.78, 5) is 0.476. The number of sulfone groups is 1. The average Bonchev–Trinajstić information content (AvgIpc) is 2.38. The summed E-state index contributed by atoms with van der Waals surface area (Å²) >= 11 is 0. The van der Waals surface area contributed by atoms with Gasteiger partial charge in [-0.15, -0.1) is 0 Å². The van der Waals surface area contributed by atoms with Gasteiger partial charge in [-0.2, -0.15) is 0 Å². The van der Waals surface area contributed by atoms with Crippen molar-refractivity contribution in [3.8, 4) is 0 Å². The van der Waals surface area contributed by atoms with Crippen molar-refractivity contribution in [3.05, 3.63) is 29.8 Å². The highest BCUT2D eigenvalue weighted by Crippen LogP contribution is 2.27. The van der Waals surface area contributed by atoms with Gasteiger partial charge >= 0.3 is 0 Å². The van der Waals surface area contributed by atoms with Crippen LogP contribution in [0.2, 0.25) is 0 Å². The quantitative estimate of drug-likeness (QED) is 0.832. The fraction of sp³-hybridized carbons (Fsp3) is 0.600. The molecule has 0 heterocycles. The highest BCUT2D eigenvalue weighted by atomic mass is 32.2. The Hall–Kier alpha value is -0.830. The Balaban J connectivity index is 1.96. The third-order valence-electron chi connectivity index (χ3n) is 3.90. The fourth-order valence-corrected chi connectivity index (χ4v) is 4.09. The third kappa shape index (κ3) is 3.58. The highest BCUT2D eigenvalue weighted by Gasteiger charge is 2.19. The van der Waals surface area contributed by atoms with Crippen LogP contribution in [-0.4, -0.2) is 14.2 Å². The lowest BCUT2D eigenvalue weighted by molar-refractivity contribution is 0.350. The van der Waals surface area contributed by atoms with Crippen LogP contribution < -0.4 is 0 Å². The lowest BCUT2D eigenvalue weighted by atomic mass is 9.88. The Labute approximate surface area is 110 Å². The molecule has 1 aromatic rings. The minimum absolute atomic E-state index is 0.306. The summed E-state index contributed by atoms with van der Waals surface area (Å²) in [7, 11) is -3.08. The van der Waals surface area contributed by atoms with Gasteiger partial charge < -0.3 is 0 Å². The molecule has 0 atom stereocenters. The van der Waals surface area contributed by atoms with E-state index in [-0.39, 0.29) is 0 Å². The van der Waals surface area contributed by atoms with Crippen molar-refractivity contribution in [1.29, 1.82) is 0 Å². The summed E-state index contributed by atoms with van der Waals surface area (Å²) < 4.78 is 24.4. The molecule has 0 bridgehead atoms. The average molecular weight is 266 g/mol. The largest absolute Gasteiger partial charge is 0.224 e. The Morgan fingerprint density at radius 2 is 1.67 bits per heavy atom. The zero-order valence-corrected chi connectivity index (χ0v) is 11.9. The zero-order chi connectivity index (χ0) is 13.0. The van der Waals surface area contributed by atoms with Crippen LogP contribution in [-0.2, 0) is 9.84 Å². The molecule has 18 heavy (non-hydrogen) atoms. The van der Waals surface area contributed by atoms with E-state index in [2.05, 4.69) is 0 Å². The molecule has 1 aliphatic carbocycles. The molecule has 1 aromatic carbocycles. The van der Waals surface area contributed by atoms with Crippen LogP contribution >= 0.6 is 0 Å². The van der Waals surface area contributed by atoms with E-state index in [4.69, 9.17) is 0 Å². The van der Waals surface area contributed by atoms with Crippen LogP contribution in [0.3, 0.4) is 0 Å². The molecule has 0 saturated heterocycles. The van der Waals surface area contributed by atoms with Crippen LogP contribution in [0.15, 0.2) is 29.2 Å². The number of hydrogen-bond donors (Lipinski definition) is 0. The summed E-state index contributed by atoms with van der Waals surface area (Å²) in [6, 6.07) is 7.19. The standard InChI is InChI=1S/C15H22O2S/c1-13-7-9-15(10-8-13)18(16,17)12-11-14-5-3-2-4-6-14/h7-10,14H,2-6,11-12H2,1H3. The van der Waals surface area contributed by atoms with E-state index in [1.165, 1.54) is 32.1 Å². The summed E-state index contributed by atoms with van der Waals surface area (Å²) in [6.07, 6.45) is 7.12. The molecule has 2 rings (SSSR count). The van der Waals surface area contributed by atoms with Gasteiger partial charge in [0.05, 0.1) is 10.6 Å². The van der Waals surface area contributed by atoms with Gasteiger partial charge in [-0.05, 0) is 31.4 Å². The molecule has 0 aromatic heterocycles. The van der Waals surface area contributed by atoms with E-state index in [0.29, 0.717) is 16.6 Å². The van der Waals surface area contributed by atoms with E-state index < -0.39 is 9.84 Å². The van der Waals surface area contributed by atoms with Crippen molar-refractivity contribution in [2.24, 2.45) is 5.92 Å². The molecule has 0 N–H and O–H groups in total. The summed E-state index contributed by atoms with van der Waals surface area (Å²) in [5.41, 5.74) is 1.10. The molecular formula is C15H22O2S. The Morgan fingerprint density at radius 3 is 2.28 bits per heavy atom. The van der Waals surface area contributed by atoms with Crippen molar-refractivity contribution >= 4 is 9.84 Å². The number of rotatable bonds is 4. The van der Waals surface area contributed by atoms with Gasteiger partial charge in [-0.25, -0.2) is 8.42 Å². The molecule has 0 radical (unpaired) electrons. The van der Waals surface area contributed by atoms with Crippen LogP contribution in [0.4, 0.5) is 0 Å². The predicted octanol–water partition coefficient (Wildman–Crippen LogP) is 3.74. The molecular weight excluding hydrogens is 244 g/mol. The maximum atomic E-state index is 12.2. The van der Waals surface area contributed by atoms with E-state index in [1.54, 1.807) is 12.1 Å². The maximum Gasteiger partial charge on any atom is 0.178 e. The monoisotopic (exact) mass is 266 g/mol. The SMILES string of the molecule is Cc1ccc(S(=O)(=O)CCC2CCCCC2)cc1. The molecule has 0 aliphatic heterocycles. The van der Waals surface area contributed by atoms with E-state index in [9.17, 15) is 8.42 Å². The molecule has 2 nitrogen and oxygen atoms in total. The Morgan fingerprint density at radius 1 is 1.06 bits per heavy atom. The summed E-state index contributed by atoms with van der Waals surface area (Å²) in [5.74, 6) is 0.930. The first-order chi connectivity index (χ1) is 8.58. The van der Waals surface area contributed by atoms with E-state index in [0.717, 1.165) is 12.0 Å². The molecule has 1 aliphatic rings. The molecule has 1 fully saturated rings. The third-order valence-corrected chi connectivity index (χ3v) is 5.66. The van der Waals surface area contributed by atoms with Gasteiger partial charge in [0.15, 0.2) is 9.84 Å². The van der Waals surface area contributed by atoms with Gasteiger partial charge in [0.1, 0.15) is 0 Å². The summed E-state index contributed by atoms with van der Waals surface area (Å²) in [6.45, 7) is 1.97. The molecule has 0 unspecified atom stereocenters. The van der Waals surface area contributed by atoms with Gasteiger partial charge in [0.2, 0.25) is 0 Å². The maximum absolute atomic E-state index is 12.2. The first kappa shape index (κ1) is 13.6. The minimum Gasteiger partial charge on any atom is -0.224 e.